The van der Waals surface area contributed by atoms with Gasteiger partial charge < -0.3 is 15.0 Å². The Kier molecular flexibility index (Phi) is 4.52. The molecule has 0 saturated heterocycles. The molecule has 0 bridgehead atoms. The number of fused-ring (bicyclic) bond motifs is 1. The Morgan fingerprint density at radius 1 is 1.53 bits per heavy atom. The number of rotatable bonds is 6. The second-order valence-corrected chi connectivity index (χ2v) is 4.65. The molecule has 2 N–H and O–H groups in total. The molecule has 102 valence electrons. The lowest BCUT2D eigenvalue weighted by Gasteiger charge is -2.07. The minimum absolute atomic E-state index is 0.109. The van der Waals surface area contributed by atoms with Crippen LogP contribution in [-0.4, -0.2) is 35.1 Å². The van der Waals surface area contributed by atoms with Crippen molar-refractivity contribution < 1.29 is 9.53 Å². The number of H-pyrrole nitrogens is 1. The molecule has 1 amide bonds. The van der Waals surface area contributed by atoms with Crippen LogP contribution in [0.1, 0.15) is 30.8 Å². The van der Waals surface area contributed by atoms with Crippen LogP contribution in [0.25, 0.3) is 11.0 Å². The zero-order valence-electron chi connectivity index (χ0n) is 11.3. The van der Waals surface area contributed by atoms with Crippen molar-refractivity contribution in [1.29, 1.82) is 0 Å². The Hall–Kier alpha value is -1.88. The molecule has 2 heterocycles. The number of amides is 1. The molecule has 0 unspecified atom stereocenters. The van der Waals surface area contributed by atoms with Gasteiger partial charge in [-0.1, -0.05) is 0 Å². The van der Waals surface area contributed by atoms with Gasteiger partial charge in [-0.15, -0.1) is 0 Å². The molecule has 2 aromatic heterocycles. The van der Waals surface area contributed by atoms with E-state index in [4.69, 9.17) is 4.74 Å². The van der Waals surface area contributed by atoms with Gasteiger partial charge in [0.15, 0.2) is 0 Å². The number of nitrogens with zero attached hydrogens (tertiary/aromatic N) is 1. The molecule has 0 aromatic carbocycles. The minimum Gasteiger partial charge on any atom is -0.379 e. The second-order valence-electron chi connectivity index (χ2n) is 4.65. The summed E-state index contributed by atoms with van der Waals surface area (Å²) >= 11 is 0. The van der Waals surface area contributed by atoms with Crippen LogP contribution < -0.4 is 5.32 Å². The van der Waals surface area contributed by atoms with E-state index in [0.717, 1.165) is 17.5 Å². The summed E-state index contributed by atoms with van der Waals surface area (Å²) in [5.41, 5.74) is 2.21. The lowest BCUT2D eigenvalue weighted by atomic mass is 10.3. The first kappa shape index (κ1) is 13.5. The number of carbonyl (C=O) groups excluding carboxylic acids is 1. The molecular formula is C14H19N3O2. The minimum atomic E-state index is -0.109. The van der Waals surface area contributed by atoms with E-state index in [2.05, 4.69) is 15.3 Å². The summed E-state index contributed by atoms with van der Waals surface area (Å²) in [6, 6.07) is 5.49. The lowest BCUT2D eigenvalue weighted by molar-refractivity contribution is 0.0756. The molecule has 19 heavy (non-hydrogen) atoms. The quantitative estimate of drug-likeness (QED) is 0.783. The molecule has 0 saturated carbocycles. The summed E-state index contributed by atoms with van der Waals surface area (Å²) in [5, 5.41) is 2.86. The van der Waals surface area contributed by atoms with Crippen LogP contribution in [0.4, 0.5) is 0 Å². The number of nitrogens with one attached hydrogen (secondary N) is 2. The Morgan fingerprint density at radius 2 is 2.37 bits per heavy atom. The average molecular weight is 261 g/mol. The van der Waals surface area contributed by atoms with E-state index < -0.39 is 0 Å². The van der Waals surface area contributed by atoms with Crippen molar-refractivity contribution in [3.05, 3.63) is 30.1 Å². The topological polar surface area (TPSA) is 67.0 Å². The van der Waals surface area contributed by atoms with Gasteiger partial charge in [0.1, 0.15) is 5.69 Å². The van der Waals surface area contributed by atoms with Gasteiger partial charge in [0.05, 0.1) is 17.1 Å². The number of aromatic amines is 1. The Morgan fingerprint density at radius 3 is 3.11 bits per heavy atom. The van der Waals surface area contributed by atoms with Crippen LogP contribution in [0.5, 0.6) is 0 Å². The van der Waals surface area contributed by atoms with Crippen LogP contribution in [0, 0.1) is 0 Å². The van der Waals surface area contributed by atoms with Crippen LogP contribution in [0.15, 0.2) is 24.4 Å². The molecule has 0 atom stereocenters. The zero-order chi connectivity index (χ0) is 13.7. The number of carbonyl (C=O) groups is 1. The molecule has 0 radical (unpaired) electrons. The molecule has 0 spiro atoms. The van der Waals surface area contributed by atoms with Gasteiger partial charge in [0.2, 0.25) is 0 Å². The summed E-state index contributed by atoms with van der Waals surface area (Å²) in [5.74, 6) is -0.109. The zero-order valence-corrected chi connectivity index (χ0v) is 11.3. The predicted octanol–water partition coefficient (Wildman–Crippen LogP) is 2.11. The summed E-state index contributed by atoms with van der Waals surface area (Å²) in [6.07, 6.45) is 2.75. The smallest absolute Gasteiger partial charge is 0.267 e. The Labute approximate surface area is 112 Å². The van der Waals surface area contributed by atoms with Gasteiger partial charge in [0.25, 0.3) is 5.91 Å². The summed E-state index contributed by atoms with van der Waals surface area (Å²) < 4.78 is 5.41. The molecular weight excluding hydrogens is 242 g/mol. The highest BCUT2D eigenvalue weighted by atomic mass is 16.5. The van der Waals surface area contributed by atoms with E-state index in [1.807, 2.05) is 26.0 Å². The maximum atomic E-state index is 11.9. The van der Waals surface area contributed by atoms with Gasteiger partial charge in [-0.05, 0) is 38.5 Å². The summed E-state index contributed by atoms with van der Waals surface area (Å²) in [4.78, 5) is 19.1. The Bertz CT molecular complexity index is 515. The number of hydrogen-bond donors (Lipinski definition) is 2. The monoisotopic (exact) mass is 261 g/mol. The molecule has 5 nitrogen and oxygen atoms in total. The normalized spacial score (nSPS) is 11.1. The van der Waals surface area contributed by atoms with Gasteiger partial charge >= 0.3 is 0 Å². The van der Waals surface area contributed by atoms with Crippen LogP contribution in [0.3, 0.4) is 0 Å². The average Bonchev–Trinajstić information content (AvgIpc) is 2.81. The van der Waals surface area contributed by atoms with E-state index in [-0.39, 0.29) is 12.0 Å². The molecule has 2 rings (SSSR count). The van der Waals surface area contributed by atoms with E-state index in [0.29, 0.717) is 18.8 Å². The summed E-state index contributed by atoms with van der Waals surface area (Å²) in [7, 11) is 0. The van der Waals surface area contributed by atoms with Crippen molar-refractivity contribution in [3.8, 4) is 0 Å². The van der Waals surface area contributed by atoms with Gasteiger partial charge in [-0.2, -0.15) is 0 Å². The molecule has 0 aliphatic carbocycles. The lowest BCUT2D eigenvalue weighted by Crippen LogP contribution is -2.25. The standard InChI is InChI=1S/C14H19N3O2/c1-10(2)19-8-4-7-16-14(18)13-9-12-11(17-13)5-3-6-15-12/h3,5-6,9-10,17H,4,7-8H2,1-2H3,(H,16,18). The van der Waals surface area contributed by atoms with Crippen molar-refractivity contribution in [2.45, 2.75) is 26.4 Å². The molecule has 0 fully saturated rings. The highest BCUT2D eigenvalue weighted by Crippen LogP contribution is 2.11. The first-order chi connectivity index (χ1) is 9.16. The molecule has 0 aliphatic rings. The van der Waals surface area contributed by atoms with Gasteiger partial charge in [-0.25, -0.2) is 0 Å². The first-order valence-electron chi connectivity index (χ1n) is 6.50. The fraction of sp³-hybridized carbons (Fsp3) is 0.429. The SMILES string of the molecule is CC(C)OCCCNC(=O)c1cc2ncccc2[nH]1. The second kappa shape index (κ2) is 6.33. The number of hydrogen-bond acceptors (Lipinski definition) is 3. The van der Waals surface area contributed by atoms with Gasteiger partial charge in [0, 0.05) is 19.3 Å². The highest BCUT2D eigenvalue weighted by molar-refractivity contribution is 5.96. The third-order valence-corrected chi connectivity index (χ3v) is 2.69. The van der Waals surface area contributed by atoms with Crippen molar-refractivity contribution in [1.82, 2.24) is 15.3 Å². The van der Waals surface area contributed by atoms with Crippen molar-refractivity contribution in [2.24, 2.45) is 0 Å². The van der Waals surface area contributed by atoms with Crippen molar-refractivity contribution >= 4 is 16.9 Å². The fourth-order valence-corrected chi connectivity index (χ4v) is 1.77. The number of aromatic nitrogens is 2. The molecule has 2 aromatic rings. The van der Waals surface area contributed by atoms with Crippen molar-refractivity contribution in [2.75, 3.05) is 13.2 Å². The fourth-order valence-electron chi connectivity index (χ4n) is 1.77. The number of ether oxygens (including phenoxy) is 1. The number of pyridine rings is 1. The van der Waals surface area contributed by atoms with Crippen LogP contribution >= 0.6 is 0 Å². The predicted molar refractivity (Wildman–Crippen MR) is 74.1 cm³/mol. The summed E-state index contributed by atoms with van der Waals surface area (Å²) in [6.45, 7) is 5.26. The highest BCUT2D eigenvalue weighted by Gasteiger charge is 2.08. The van der Waals surface area contributed by atoms with E-state index >= 15 is 0 Å². The maximum absolute atomic E-state index is 11.9. The maximum Gasteiger partial charge on any atom is 0.267 e. The first-order valence-corrected chi connectivity index (χ1v) is 6.50. The third-order valence-electron chi connectivity index (χ3n) is 2.69. The van der Waals surface area contributed by atoms with E-state index in [9.17, 15) is 4.79 Å². The largest absolute Gasteiger partial charge is 0.379 e. The molecule has 0 aliphatic heterocycles. The Balaban J connectivity index is 1.83. The van der Waals surface area contributed by atoms with Gasteiger partial charge in [-0.3, -0.25) is 9.78 Å². The van der Waals surface area contributed by atoms with E-state index in [1.54, 1.807) is 12.3 Å². The van der Waals surface area contributed by atoms with E-state index in [1.165, 1.54) is 0 Å². The molecule has 5 heteroatoms. The van der Waals surface area contributed by atoms with Crippen molar-refractivity contribution in [3.63, 3.8) is 0 Å². The van der Waals surface area contributed by atoms with Crippen LogP contribution in [-0.2, 0) is 4.74 Å². The van der Waals surface area contributed by atoms with Crippen LogP contribution in [0.2, 0.25) is 0 Å². The third kappa shape index (κ3) is 3.79.